The molecule has 0 spiro atoms. The van der Waals surface area contributed by atoms with Crippen LogP contribution in [-0.2, 0) is 9.53 Å². The first kappa shape index (κ1) is 12.1. The van der Waals surface area contributed by atoms with Crippen LogP contribution in [0.2, 0.25) is 0 Å². The SMILES string of the molecule is O=C(OCCO)C(F)(F)C(F)(F)F. The number of alkyl halides is 5. The molecule has 78 valence electrons. The van der Waals surface area contributed by atoms with Crippen LogP contribution < -0.4 is 0 Å². The van der Waals surface area contributed by atoms with Gasteiger partial charge in [-0.15, -0.1) is 0 Å². The second kappa shape index (κ2) is 3.86. The zero-order chi connectivity index (χ0) is 10.7. The van der Waals surface area contributed by atoms with Gasteiger partial charge in [0.05, 0.1) is 6.61 Å². The summed E-state index contributed by atoms with van der Waals surface area (Å²) in [5.74, 6) is -8.24. The second-order valence-electron chi connectivity index (χ2n) is 1.93. The van der Waals surface area contributed by atoms with E-state index in [-0.39, 0.29) is 0 Å². The number of rotatable bonds is 3. The second-order valence-corrected chi connectivity index (χ2v) is 1.93. The van der Waals surface area contributed by atoms with E-state index in [1.54, 1.807) is 0 Å². The van der Waals surface area contributed by atoms with Gasteiger partial charge in [-0.05, 0) is 0 Å². The van der Waals surface area contributed by atoms with E-state index in [4.69, 9.17) is 5.11 Å². The van der Waals surface area contributed by atoms with E-state index < -0.39 is 31.3 Å². The number of esters is 1. The topological polar surface area (TPSA) is 46.5 Å². The van der Waals surface area contributed by atoms with E-state index in [0.717, 1.165) is 0 Å². The molecule has 0 fully saturated rings. The lowest BCUT2D eigenvalue weighted by Crippen LogP contribution is -2.45. The van der Waals surface area contributed by atoms with Crippen molar-refractivity contribution in [2.45, 2.75) is 12.1 Å². The zero-order valence-electron chi connectivity index (χ0n) is 6.07. The van der Waals surface area contributed by atoms with Gasteiger partial charge in [-0.25, -0.2) is 4.79 Å². The largest absolute Gasteiger partial charge is 0.465 e. The van der Waals surface area contributed by atoms with Gasteiger partial charge >= 0.3 is 18.1 Å². The molecule has 3 nitrogen and oxygen atoms in total. The third kappa shape index (κ3) is 2.79. The fraction of sp³-hybridized carbons (Fsp3) is 0.800. The van der Waals surface area contributed by atoms with Crippen molar-refractivity contribution in [3.05, 3.63) is 0 Å². The molecular formula is C5H5F5O3. The number of halogens is 5. The molecule has 0 aromatic heterocycles. The van der Waals surface area contributed by atoms with Crippen LogP contribution in [0.25, 0.3) is 0 Å². The lowest BCUT2D eigenvalue weighted by Gasteiger charge is -2.17. The summed E-state index contributed by atoms with van der Waals surface area (Å²) in [5, 5.41) is 7.98. The van der Waals surface area contributed by atoms with Crippen molar-refractivity contribution in [2.24, 2.45) is 0 Å². The molecule has 0 rings (SSSR count). The molecule has 0 bridgehead atoms. The van der Waals surface area contributed by atoms with Crippen LogP contribution >= 0.6 is 0 Å². The first-order valence-corrected chi connectivity index (χ1v) is 2.96. The number of aliphatic hydroxyl groups is 1. The monoisotopic (exact) mass is 208 g/mol. The average Bonchev–Trinajstić information content (AvgIpc) is 1.97. The molecule has 0 aromatic rings. The fourth-order valence-corrected chi connectivity index (χ4v) is 0.345. The normalized spacial score (nSPS) is 12.8. The third-order valence-corrected chi connectivity index (χ3v) is 0.937. The van der Waals surface area contributed by atoms with Gasteiger partial charge < -0.3 is 9.84 Å². The summed E-state index contributed by atoms with van der Waals surface area (Å²) in [7, 11) is 0. The molecule has 0 radical (unpaired) electrons. The van der Waals surface area contributed by atoms with Crippen molar-refractivity contribution >= 4 is 5.97 Å². The predicted octanol–water partition coefficient (Wildman–Crippen LogP) is 0.720. The van der Waals surface area contributed by atoms with Gasteiger partial charge in [-0.1, -0.05) is 0 Å². The molecule has 0 aromatic carbocycles. The van der Waals surface area contributed by atoms with Crippen molar-refractivity contribution in [3.8, 4) is 0 Å². The summed E-state index contributed by atoms with van der Waals surface area (Å²) in [6.45, 7) is -1.72. The van der Waals surface area contributed by atoms with Gasteiger partial charge in [0.15, 0.2) is 0 Å². The lowest BCUT2D eigenvalue weighted by molar-refractivity contribution is -0.280. The van der Waals surface area contributed by atoms with E-state index in [0.29, 0.717) is 0 Å². The molecule has 0 heterocycles. The molecule has 0 saturated carbocycles. The summed E-state index contributed by atoms with van der Waals surface area (Å²) in [6.07, 6.45) is -5.97. The Morgan fingerprint density at radius 3 is 2.00 bits per heavy atom. The van der Waals surface area contributed by atoms with Crippen molar-refractivity contribution in [1.29, 1.82) is 0 Å². The summed E-state index contributed by atoms with van der Waals surface area (Å²) in [5.41, 5.74) is 0. The number of hydrogen-bond acceptors (Lipinski definition) is 3. The average molecular weight is 208 g/mol. The molecular weight excluding hydrogens is 203 g/mol. The predicted molar refractivity (Wildman–Crippen MR) is 29.0 cm³/mol. The van der Waals surface area contributed by atoms with Crippen LogP contribution in [0.5, 0.6) is 0 Å². The van der Waals surface area contributed by atoms with Crippen LogP contribution in [0, 0.1) is 0 Å². The summed E-state index contributed by atoms with van der Waals surface area (Å²) in [6, 6.07) is 0. The first-order valence-electron chi connectivity index (χ1n) is 2.96. The van der Waals surface area contributed by atoms with E-state index in [1.807, 2.05) is 0 Å². The molecule has 0 unspecified atom stereocenters. The summed E-state index contributed by atoms with van der Waals surface area (Å²) in [4.78, 5) is 10.1. The minimum absolute atomic E-state index is 0.820. The number of carbonyl (C=O) groups excluding carboxylic acids is 1. The molecule has 0 atom stereocenters. The molecule has 8 heteroatoms. The Balaban J connectivity index is 4.37. The van der Waals surface area contributed by atoms with Gasteiger partial charge in [0.2, 0.25) is 0 Å². The van der Waals surface area contributed by atoms with E-state index in [1.165, 1.54) is 0 Å². The molecule has 1 N–H and O–H groups in total. The Bertz CT molecular complexity index is 187. The van der Waals surface area contributed by atoms with E-state index in [9.17, 15) is 26.7 Å². The van der Waals surface area contributed by atoms with Crippen molar-refractivity contribution in [2.75, 3.05) is 13.2 Å². The standard InChI is InChI=1S/C5H5F5O3/c6-4(7,5(8,9)10)3(12)13-2-1-11/h11H,1-2H2. The highest BCUT2D eigenvalue weighted by Gasteiger charge is 2.64. The van der Waals surface area contributed by atoms with Crippen LogP contribution in [0.3, 0.4) is 0 Å². The molecule has 0 amide bonds. The van der Waals surface area contributed by atoms with Crippen molar-refractivity contribution in [3.63, 3.8) is 0 Å². The highest BCUT2D eigenvalue weighted by atomic mass is 19.4. The maximum absolute atomic E-state index is 12.0. The van der Waals surface area contributed by atoms with Crippen LogP contribution in [0.15, 0.2) is 0 Å². The summed E-state index contributed by atoms with van der Waals surface area (Å²) < 4.78 is 61.5. The Hall–Kier alpha value is -0.920. The molecule has 0 aliphatic heterocycles. The summed E-state index contributed by atoms with van der Waals surface area (Å²) >= 11 is 0. The number of ether oxygens (including phenoxy) is 1. The molecule has 13 heavy (non-hydrogen) atoms. The van der Waals surface area contributed by atoms with Gasteiger partial charge in [-0.3, -0.25) is 0 Å². The van der Waals surface area contributed by atoms with Crippen LogP contribution in [0.4, 0.5) is 22.0 Å². The van der Waals surface area contributed by atoms with Crippen LogP contribution in [0.1, 0.15) is 0 Å². The number of hydrogen-bond donors (Lipinski definition) is 1. The number of carbonyl (C=O) groups is 1. The van der Waals surface area contributed by atoms with Crippen molar-refractivity contribution in [1.82, 2.24) is 0 Å². The first-order chi connectivity index (χ1) is 5.73. The minimum atomic E-state index is -5.97. The Labute approximate surface area is 69.1 Å². The molecule has 0 aliphatic carbocycles. The van der Waals surface area contributed by atoms with Gasteiger partial charge in [0.25, 0.3) is 0 Å². The van der Waals surface area contributed by atoms with Crippen molar-refractivity contribution < 1.29 is 36.6 Å². The minimum Gasteiger partial charge on any atom is -0.459 e. The fourth-order valence-electron chi connectivity index (χ4n) is 0.345. The van der Waals surface area contributed by atoms with Gasteiger partial charge in [0, 0.05) is 0 Å². The molecule has 0 aliphatic rings. The zero-order valence-corrected chi connectivity index (χ0v) is 6.07. The quantitative estimate of drug-likeness (QED) is 0.549. The highest BCUT2D eigenvalue weighted by molar-refractivity contribution is 5.78. The van der Waals surface area contributed by atoms with Crippen LogP contribution in [-0.4, -0.2) is 36.4 Å². The maximum atomic E-state index is 12.0. The third-order valence-electron chi connectivity index (χ3n) is 0.937. The van der Waals surface area contributed by atoms with E-state index in [2.05, 4.69) is 4.74 Å². The highest BCUT2D eigenvalue weighted by Crippen LogP contribution is 2.36. The number of aliphatic hydroxyl groups excluding tert-OH is 1. The van der Waals surface area contributed by atoms with Gasteiger partial charge in [-0.2, -0.15) is 22.0 Å². The smallest absolute Gasteiger partial charge is 0.459 e. The molecule has 0 saturated heterocycles. The Morgan fingerprint density at radius 1 is 1.23 bits per heavy atom. The Kier molecular flexibility index (Phi) is 3.59. The van der Waals surface area contributed by atoms with Gasteiger partial charge in [0.1, 0.15) is 6.61 Å². The Morgan fingerprint density at radius 2 is 1.69 bits per heavy atom. The maximum Gasteiger partial charge on any atom is 0.465 e. The van der Waals surface area contributed by atoms with E-state index >= 15 is 0 Å². The lowest BCUT2D eigenvalue weighted by atomic mass is 10.3.